The lowest BCUT2D eigenvalue weighted by atomic mass is 10.2. The second-order valence-electron chi connectivity index (χ2n) is 3.22. The number of nitrogens with two attached hydrogens (primary N) is 1. The minimum Gasteiger partial charge on any atom is -0.397 e. The predicted octanol–water partition coefficient (Wildman–Crippen LogP) is 1.70. The molecule has 0 spiro atoms. The van der Waals surface area contributed by atoms with Crippen molar-refractivity contribution < 1.29 is 4.79 Å². The van der Waals surface area contributed by atoms with Gasteiger partial charge in [0, 0.05) is 11.6 Å². The zero-order valence-electron chi connectivity index (χ0n) is 8.68. The zero-order valence-corrected chi connectivity index (χ0v) is 10.3. The molecule has 0 bridgehead atoms. The van der Waals surface area contributed by atoms with Gasteiger partial charge < -0.3 is 11.1 Å². The smallest absolute Gasteiger partial charge is 0.254 e. The molecule has 0 radical (unpaired) electrons. The van der Waals surface area contributed by atoms with Crippen LogP contribution in [0.5, 0.6) is 0 Å². The van der Waals surface area contributed by atoms with E-state index in [9.17, 15) is 4.79 Å². The number of pyridine rings is 1. The highest BCUT2D eigenvalue weighted by Gasteiger charge is 2.11. The van der Waals surface area contributed by atoms with Gasteiger partial charge in [0.25, 0.3) is 5.91 Å². The number of amides is 1. The van der Waals surface area contributed by atoms with E-state index in [0.29, 0.717) is 12.2 Å². The molecule has 0 saturated carbocycles. The first kappa shape index (κ1) is 11.8. The average Bonchev–Trinajstić information content (AvgIpc) is 2.82. The van der Waals surface area contributed by atoms with Crippen LogP contribution in [0.3, 0.4) is 0 Å². The number of rotatable bonds is 3. The van der Waals surface area contributed by atoms with Crippen molar-refractivity contribution in [3.63, 3.8) is 0 Å². The Bertz CT molecular complexity index is 529. The standard InChI is InChI=1S/C10H9ClN4OS/c11-9-7(3-6(12)4-14-9)10(16)15-5-8-13-1-2-17-8/h1-4H,5,12H2,(H,15,16). The van der Waals surface area contributed by atoms with Gasteiger partial charge in [-0.3, -0.25) is 4.79 Å². The molecule has 3 N–H and O–H groups in total. The maximum absolute atomic E-state index is 11.8. The number of anilines is 1. The van der Waals surface area contributed by atoms with Crippen LogP contribution >= 0.6 is 22.9 Å². The van der Waals surface area contributed by atoms with E-state index in [4.69, 9.17) is 17.3 Å². The van der Waals surface area contributed by atoms with Crippen molar-refractivity contribution in [2.24, 2.45) is 0 Å². The van der Waals surface area contributed by atoms with Crippen LogP contribution in [-0.4, -0.2) is 15.9 Å². The lowest BCUT2D eigenvalue weighted by Gasteiger charge is -2.05. The summed E-state index contributed by atoms with van der Waals surface area (Å²) in [5.74, 6) is -0.315. The van der Waals surface area contributed by atoms with Crippen LogP contribution in [0.15, 0.2) is 23.8 Å². The van der Waals surface area contributed by atoms with Gasteiger partial charge in [0.1, 0.15) is 10.2 Å². The van der Waals surface area contributed by atoms with E-state index in [1.807, 2.05) is 5.38 Å². The summed E-state index contributed by atoms with van der Waals surface area (Å²) in [6.45, 7) is 0.363. The fraction of sp³-hybridized carbons (Fsp3) is 0.100. The van der Waals surface area contributed by atoms with Gasteiger partial charge in [0.05, 0.1) is 24.0 Å². The Labute approximate surface area is 107 Å². The molecule has 0 aliphatic heterocycles. The van der Waals surface area contributed by atoms with Crippen LogP contribution in [0.25, 0.3) is 0 Å². The zero-order chi connectivity index (χ0) is 12.3. The monoisotopic (exact) mass is 268 g/mol. The van der Waals surface area contributed by atoms with Crippen molar-refractivity contribution in [1.82, 2.24) is 15.3 Å². The number of nitrogen functional groups attached to an aromatic ring is 1. The third kappa shape index (κ3) is 2.92. The molecule has 17 heavy (non-hydrogen) atoms. The first-order chi connectivity index (χ1) is 8.16. The summed E-state index contributed by atoms with van der Waals surface area (Å²) in [4.78, 5) is 19.7. The van der Waals surface area contributed by atoms with Crippen molar-refractivity contribution in [1.29, 1.82) is 0 Å². The van der Waals surface area contributed by atoms with E-state index < -0.39 is 0 Å². The van der Waals surface area contributed by atoms with Crippen molar-refractivity contribution in [2.75, 3.05) is 5.73 Å². The normalized spacial score (nSPS) is 10.2. The minimum atomic E-state index is -0.315. The number of carbonyl (C=O) groups is 1. The Kier molecular flexibility index (Phi) is 3.55. The Morgan fingerprint density at radius 1 is 1.53 bits per heavy atom. The third-order valence-corrected chi connectivity index (χ3v) is 3.07. The quantitative estimate of drug-likeness (QED) is 0.831. The molecule has 0 aliphatic carbocycles. The summed E-state index contributed by atoms with van der Waals surface area (Å²) < 4.78 is 0. The minimum absolute atomic E-state index is 0.135. The highest BCUT2D eigenvalue weighted by Crippen LogP contribution is 2.15. The molecule has 0 saturated heterocycles. The number of carbonyl (C=O) groups excluding carboxylic acids is 1. The summed E-state index contributed by atoms with van der Waals surface area (Å²) in [6, 6.07) is 1.49. The van der Waals surface area contributed by atoms with E-state index in [2.05, 4.69) is 15.3 Å². The van der Waals surface area contributed by atoms with Crippen molar-refractivity contribution >= 4 is 34.5 Å². The lowest BCUT2D eigenvalue weighted by Crippen LogP contribution is -2.23. The number of halogens is 1. The molecule has 88 valence electrons. The topological polar surface area (TPSA) is 80.9 Å². The molecule has 2 aromatic heterocycles. The van der Waals surface area contributed by atoms with Gasteiger partial charge >= 0.3 is 0 Å². The van der Waals surface area contributed by atoms with E-state index in [1.165, 1.54) is 23.6 Å². The van der Waals surface area contributed by atoms with E-state index in [1.54, 1.807) is 6.20 Å². The highest BCUT2D eigenvalue weighted by molar-refractivity contribution is 7.09. The molecular weight excluding hydrogens is 260 g/mol. The first-order valence-electron chi connectivity index (χ1n) is 4.74. The van der Waals surface area contributed by atoms with Crippen LogP contribution in [-0.2, 0) is 6.54 Å². The van der Waals surface area contributed by atoms with Gasteiger partial charge in [-0.15, -0.1) is 11.3 Å². The van der Waals surface area contributed by atoms with Gasteiger partial charge in [0.15, 0.2) is 0 Å². The number of thiazole rings is 1. The number of aromatic nitrogens is 2. The molecule has 0 unspecified atom stereocenters. The van der Waals surface area contributed by atoms with Gasteiger partial charge in [-0.2, -0.15) is 0 Å². The third-order valence-electron chi connectivity index (χ3n) is 1.99. The fourth-order valence-corrected chi connectivity index (χ4v) is 1.96. The average molecular weight is 269 g/mol. The van der Waals surface area contributed by atoms with E-state index in [0.717, 1.165) is 5.01 Å². The summed E-state index contributed by atoms with van der Waals surface area (Å²) in [6.07, 6.45) is 3.08. The van der Waals surface area contributed by atoms with Gasteiger partial charge in [-0.1, -0.05) is 11.6 Å². The maximum atomic E-state index is 11.8. The summed E-state index contributed by atoms with van der Waals surface area (Å²) >= 11 is 7.28. The van der Waals surface area contributed by atoms with Crippen LogP contribution < -0.4 is 11.1 Å². The molecule has 2 heterocycles. The van der Waals surface area contributed by atoms with Crippen LogP contribution in [0, 0.1) is 0 Å². The molecule has 0 aromatic carbocycles. The molecule has 1 amide bonds. The predicted molar refractivity (Wildman–Crippen MR) is 66.9 cm³/mol. The van der Waals surface area contributed by atoms with Crippen molar-refractivity contribution in [3.8, 4) is 0 Å². The van der Waals surface area contributed by atoms with Crippen LogP contribution in [0.1, 0.15) is 15.4 Å². The second kappa shape index (κ2) is 5.11. The van der Waals surface area contributed by atoms with Gasteiger partial charge in [-0.05, 0) is 6.07 Å². The fourth-order valence-electron chi connectivity index (χ4n) is 1.21. The largest absolute Gasteiger partial charge is 0.397 e. The van der Waals surface area contributed by atoms with Crippen molar-refractivity contribution in [2.45, 2.75) is 6.54 Å². The van der Waals surface area contributed by atoms with Crippen molar-refractivity contribution in [3.05, 3.63) is 39.6 Å². The number of nitrogens with zero attached hydrogens (tertiary/aromatic N) is 2. The number of hydrogen-bond donors (Lipinski definition) is 2. The second-order valence-corrected chi connectivity index (χ2v) is 4.55. The Balaban J connectivity index is 2.07. The molecule has 0 atom stereocenters. The Morgan fingerprint density at radius 3 is 3.06 bits per heavy atom. The summed E-state index contributed by atoms with van der Waals surface area (Å²) in [5, 5.41) is 5.50. The summed E-state index contributed by atoms with van der Waals surface area (Å²) in [7, 11) is 0. The Morgan fingerprint density at radius 2 is 2.35 bits per heavy atom. The number of nitrogens with one attached hydrogen (secondary N) is 1. The van der Waals surface area contributed by atoms with Crippen LogP contribution in [0.4, 0.5) is 5.69 Å². The first-order valence-corrected chi connectivity index (χ1v) is 6.00. The van der Waals surface area contributed by atoms with E-state index in [-0.39, 0.29) is 16.6 Å². The molecule has 0 fully saturated rings. The Hall–Kier alpha value is -1.66. The molecule has 5 nitrogen and oxygen atoms in total. The lowest BCUT2D eigenvalue weighted by molar-refractivity contribution is 0.0950. The molecule has 7 heteroatoms. The van der Waals surface area contributed by atoms with Crippen LogP contribution in [0.2, 0.25) is 5.15 Å². The maximum Gasteiger partial charge on any atom is 0.254 e. The van der Waals surface area contributed by atoms with Gasteiger partial charge in [-0.25, -0.2) is 9.97 Å². The SMILES string of the molecule is Nc1cnc(Cl)c(C(=O)NCc2nccs2)c1. The summed E-state index contributed by atoms with van der Waals surface area (Å²) in [5.41, 5.74) is 6.21. The molecule has 2 rings (SSSR count). The van der Waals surface area contributed by atoms with E-state index >= 15 is 0 Å². The highest BCUT2D eigenvalue weighted by atomic mass is 35.5. The number of hydrogen-bond acceptors (Lipinski definition) is 5. The molecule has 0 aliphatic rings. The molecule has 2 aromatic rings. The van der Waals surface area contributed by atoms with Gasteiger partial charge in [0.2, 0.25) is 0 Å². The molecular formula is C10H9ClN4OS.